The van der Waals surface area contributed by atoms with Gasteiger partial charge in [0.05, 0.1) is 5.69 Å². The van der Waals surface area contributed by atoms with E-state index in [2.05, 4.69) is 15.3 Å². The Kier molecular flexibility index (Phi) is 4.01. The molecule has 6 heteroatoms. The van der Waals surface area contributed by atoms with E-state index >= 15 is 0 Å². The number of anilines is 1. The molecule has 108 valence electrons. The van der Waals surface area contributed by atoms with E-state index < -0.39 is 6.09 Å². The molecule has 5 nitrogen and oxygen atoms in total. The number of nitrogens with one attached hydrogen (secondary N) is 1. The SMILES string of the molecule is O=C(Nc1nc(Cl)cc(C2CC2)n1)OCc1ccccc1. The summed E-state index contributed by atoms with van der Waals surface area (Å²) in [5, 5.41) is 2.83. The molecule has 1 aromatic heterocycles. The molecule has 1 heterocycles. The van der Waals surface area contributed by atoms with Gasteiger partial charge in [0.1, 0.15) is 11.8 Å². The molecule has 0 bridgehead atoms. The maximum Gasteiger partial charge on any atom is 0.414 e. The van der Waals surface area contributed by atoms with Crippen molar-refractivity contribution in [2.75, 3.05) is 5.32 Å². The van der Waals surface area contributed by atoms with Crippen molar-refractivity contribution in [1.82, 2.24) is 9.97 Å². The van der Waals surface area contributed by atoms with E-state index in [9.17, 15) is 4.79 Å². The summed E-state index contributed by atoms with van der Waals surface area (Å²) >= 11 is 5.94. The van der Waals surface area contributed by atoms with Gasteiger partial charge in [-0.2, -0.15) is 0 Å². The van der Waals surface area contributed by atoms with Gasteiger partial charge in [0.2, 0.25) is 5.95 Å². The van der Waals surface area contributed by atoms with Crippen molar-refractivity contribution in [2.24, 2.45) is 0 Å². The minimum atomic E-state index is -0.595. The number of carbonyl (C=O) groups is 1. The quantitative estimate of drug-likeness (QED) is 0.874. The number of carbonyl (C=O) groups excluding carboxylic acids is 1. The van der Waals surface area contributed by atoms with Crippen LogP contribution in [0, 0.1) is 0 Å². The lowest BCUT2D eigenvalue weighted by Gasteiger charge is -2.07. The number of amides is 1. The molecule has 1 fully saturated rings. The lowest BCUT2D eigenvalue weighted by atomic mass is 10.2. The van der Waals surface area contributed by atoms with Crippen LogP contribution in [0.1, 0.15) is 30.0 Å². The minimum Gasteiger partial charge on any atom is -0.444 e. The predicted octanol–water partition coefficient (Wildman–Crippen LogP) is 3.76. The zero-order valence-corrected chi connectivity index (χ0v) is 12.0. The highest BCUT2D eigenvalue weighted by Gasteiger charge is 2.26. The van der Waals surface area contributed by atoms with Crippen molar-refractivity contribution in [2.45, 2.75) is 25.4 Å². The van der Waals surface area contributed by atoms with Crippen molar-refractivity contribution in [3.63, 3.8) is 0 Å². The molecule has 3 rings (SSSR count). The molecule has 1 aliphatic carbocycles. The Morgan fingerprint density at radius 1 is 1.29 bits per heavy atom. The third kappa shape index (κ3) is 3.92. The summed E-state index contributed by atoms with van der Waals surface area (Å²) in [6.07, 6.45) is 1.61. The first-order valence-corrected chi connectivity index (χ1v) is 7.11. The van der Waals surface area contributed by atoms with Crippen LogP contribution >= 0.6 is 11.6 Å². The van der Waals surface area contributed by atoms with Gasteiger partial charge >= 0.3 is 6.09 Å². The lowest BCUT2D eigenvalue weighted by Crippen LogP contribution is -2.16. The van der Waals surface area contributed by atoms with Crippen LogP contribution in [0.3, 0.4) is 0 Å². The maximum atomic E-state index is 11.7. The van der Waals surface area contributed by atoms with E-state index in [4.69, 9.17) is 16.3 Å². The molecule has 0 saturated heterocycles. The van der Waals surface area contributed by atoms with Gasteiger partial charge in [0.25, 0.3) is 0 Å². The summed E-state index contributed by atoms with van der Waals surface area (Å²) < 4.78 is 5.11. The fraction of sp³-hybridized carbons (Fsp3) is 0.267. The topological polar surface area (TPSA) is 64.1 Å². The van der Waals surface area contributed by atoms with Gasteiger partial charge < -0.3 is 4.74 Å². The van der Waals surface area contributed by atoms with Crippen LogP contribution in [0.5, 0.6) is 0 Å². The highest BCUT2D eigenvalue weighted by Crippen LogP contribution is 2.39. The van der Waals surface area contributed by atoms with E-state index in [0.29, 0.717) is 11.1 Å². The molecule has 0 spiro atoms. The molecule has 0 radical (unpaired) electrons. The number of rotatable bonds is 4. The summed E-state index contributed by atoms with van der Waals surface area (Å²) in [7, 11) is 0. The van der Waals surface area contributed by atoms with Gasteiger partial charge in [-0.25, -0.2) is 14.8 Å². The lowest BCUT2D eigenvalue weighted by molar-refractivity contribution is 0.155. The minimum absolute atomic E-state index is 0.183. The second kappa shape index (κ2) is 6.10. The highest BCUT2D eigenvalue weighted by molar-refractivity contribution is 6.29. The summed E-state index contributed by atoms with van der Waals surface area (Å²) in [5.74, 6) is 0.619. The molecule has 1 N–H and O–H groups in total. The van der Waals surface area contributed by atoms with E-state index in [-0.39, 0.29) is 12.6 Å². The second-order valence-corrected chi connectivity index (χ2v) is 5.29. The first-order valence-electron chi connectivity index (χ1n) is 6.73. The van der Waals surface area contributed by atoms with E-state index in [1.165, 1.54) is 0 Å². The smallest absolute Gasteiger partial charge is 0.414 e. The van der Waals surface area contributed by atoms with Crippen molar-refractivity contribution >= 4 is 23.6 Å². The summed E-state index contributed by atoms with van der Waals surface area (Å²) in [6.45, 7) is 0.197. The van der Waals surface area contributed by atoms with Crippen molar-refractivity contribution < 1.29 is 9.53 Å². The predicted molar refractivity (Wildman–Crippen MR) is 79.3 cm³/mol. The Morgan fingerprint density at radius 2 is 2.05 bits per heavy atom. The Hall–Kier alpha value is -2.14. The van der Waals surface area contributed by atoms with Crippen molar-refractivity contribution in [1.29, 1.82) is 0 Å². The van der Waals surface area contributed by atoms with Crippen LogP contribution in [0.15, 0.2) is 36.4 Å². The van der Waals surface area contributed by atoms with Crippen LogP contribution in [0.25, 0.3) is 0 Å². The van der Waals surface area contributed by atoms with Crippen LogP contribution in [0.4, 0.5) is 10.7 Å². The Balaban J connectivity index is 1.59. The zero-order valence-electron chi connectivity index (χ0n) is 11.3. The third-order valence-electron chi connectivity index (χ3n) is 3.14. The number of benzene rings is 1. The molecular weight excluding hydrogens is 290 g/mol. The maximum absolute atomic E-state index is 11.7. The molecular formula is C15H14ClN3O2. The van der Waals surface area contributed by atoms with Crippen LogP contribution in [0.2, 0.25) is 5.15 Å². The summed E-state index contributed by atoms with van der Waals surface area (Å²) in [4.78, 5) is 20.0. The molecule has 1 aromatic carbocycles. The first kappa shape index (κ1) is 13.8. The number of hydrogen-bond donors (Lipinski definition) is 1. The zero-order chi connectivity index (χ0) is 14.7. The Bertz CT molecular complexity index is 645. The average molecular weight is 304 g/mol. The fourth-order valence-electron chi connectivity index (χ4n) is 1.93. The molecule has 1 aliphatic rings. The fourth-order valence-corrected chi connectivity index (χ4v) is 2.12. The van der Waals surface area contributed by atoms with Gasteiger partial charge in [-0.15, -0.1) is 0 Å². The molecule has 1 saturated carbocycles. The van der Waals surface area contributed by atoms with E-state index in [1.807, 2.05) is 30.3 Å². The standard InChI is InChI=1S/C15H14ClN3O2/c16-13-8-12(11-6-7-11)17-14(18-13)19-15(20)21-9-10-4-2-1-3-5-10/h1-5,8,11H,6-7,9H2,(H,17,18,19,20). The third-order valence-corrected chi connectivity index (χ3v) is 3.33. The van der Waals surface area contributed by atoms with Gasteiger partial charge in [0, 0.05) is 5.92 Å². The normalized spacial score (nSPS) is 13.8. The van der Waals surface area contributed by atoms with E-state index in [1.54, 1.807) is 6.07 Å². The van der Waals surface area contributed by atoms with E-state index in [0.717, 1.165) is 24.1 Å². The second-order valence-electron chi connectivity index (χ2n) is 4.90. The largest absolute Gasteiger partial charge is 0.444 e. The van der Waals surface area contributed by atoms with Crippen LogP contribution in [-0.4, -0.2) is 16.1 Å². The first-order chi connectivity index (χ1) is 10.2. The Labute approximate surface area is 127 Å². The molecule has 0 atom stereocenters. The number of halogens is 1. The number of ether oxygens (including phenoxy) is 1. The summed E-state index contributed by atoms with van der Waals surface area (Å²) in [6, 6.07) is 11.2. The van der Waals surface area contributed by atoms with Gasteiger partial charge in [-0.05, 0) is 24.5 Å². The number of aromatic nitrogens is 2. The van der Waals surface area contributed by atoms with Crippen LogP contribution < -0.4 is 5.32 Å². The summed E-state index contributed by atoms with van der Waals surface area (Å²) in [5.41, 5.74) is 1.78. The molecule has 0 unspecified atom stereocenters. The number of nitrogens with zero attached hydrogens (tertiary/aromatic N) is 2. The molecule has 21 heavy (non-hydrogen) atoms. The monoisotopic (exact) mass is 303 g/mol. The van der Waals surface area contributed by atoms with Gasteiger partial charge in [-0.3, -0.25) is 5.32 Å². The van der Waals surface area contributed by atoms with Crippen molar-refractivity contribution in [3.8, 4) is 0 Å². The van der Waals surface area contributed by atoms with Gasteiger partial charge in [0.15, 0.2) is 0 Å². The molecule has 2 aromatic rings. The highest BCUT2D eigenvalue weighted by atomic mass is 35.5. The molecule has 0 aliphatic heterocycles. The Morgan fingerprint density at radius 3 is 2.76 bits per heavy atom. The number of hydrogen-bond acceptors (Lipinski definition) is 4. The van der Waals surface area contributed by atoms with Gasteiger partial charge in [-0.1, -0.05) is 41.9 Å². The van der Waals surface area contributed by atoms with Crippen molar-refractivity contribution in [3.05, 3.63) is 52.8 Å². The molecule has 1 amide bonds. The average Bonchev–Trinajstić information content (AvgIpc) is 3.30. The van der Waals surface area contributed by atoms with Crippen LogP contribution in [-0.2, 0) is 11.3 Å².